The van der Waals surface area contributed by atoms with Gasteiger partial charge in [0, 0.05) is 28.0 Å². The SMILES string of the molecule is O=C(CSc1cccc(NC(=O)C2CC=CCC2C(=O)O)c1)Nc1ccc2cc[nH]c2c1. The Hall–Kier alpha value is -3.52. The Kier molecular flexibility index (Phi) is 6.61. The van der Waals surface area contributed by atoms with Crippen LogP contribution in [0, 0.1) is 11.8 Å². The lowest BCUT2D eigenvalue weighted by Gasteiger charge is -2.24. The van der Waals surface area contributed by atoms with Crippen molar-refractivity contribution in [2.45, 2.75) is 17.7 Å². The highest BCUT2D eigenvalue weighted by Crippen LogP contribution is 2.28. The monoisotopic (exact) mass is 449 g/mol. The molecule has 0 saturated carbocycles. The summed E-state index contributed by atoms with van der Waals surface area (Å²) >= 11 is 1.36. The Balaban J connectivity index is 1.33. The fourth-order valence-electron chi connectivity index (χ4n) is 3.75. The largest absolute Gasteiger partial charge is 0.481 e. The molecule has 1 heterocycles. The molecule has 1 aliphatic rings. The van der Waals surface area contributed by atoms with E-state index in [1.165, 1.54) is 11.8 Å². The van der Waals surface area contributed by atoms with Crippen LogP contribution in [0.3, 0.4) is 0 Å². The average Bonchev–Trinajstić information content (AvgIpc) is 3.26. The van der Waals surface area contributed by atoms with Gasteiger partial charge in [0.05, 0.1) is 17.6 Å². The first kappa shape index (κ1) is 21.7. The minimum Gasteiger partial charge on any atom is -0.481 e. The number of H-pyrrole nitrogens is 1. The van der Waals surface area contributed by atoms with Crippen molar-refractivity contribution in [2.75, 3.05) is 16.4 Å². The number of aliphatic carboxylic acids is 1. The van der Waals surface area contributed by atoms with Crippen molar-refractivity contribution < 1.29 is 19.5 Å². The molecule has 2 amide bonds. The summed E-state index contributed by atoms with van der Waals surface area (Å²) in [4.78, 5) is 40.4. The van der Waals surface area contributed by atoms with E-state index in [0.717, 1.165) is 21.5 Å². The lowest BCUT2D eigenvalue weighted by molar-refractivity contribution is -0.146. The molecule has 3 aromatic rings. The summed E-state index contributed by atoms with van der Waals surface area (Å²) in [6.45, 7) is 0. The summed E-state index contributed by atoms with van der Waals surface area (Å²) in [7, 11) is 0. The van der Waals surface area contributed by atoms with Crippen LogP contribution in [-0.2, 0) is 14.4 Å². The molecule has 4 rings (SSSR count). The van der Waals surface area contributed by atoms with Crippen molar-refractivity contribution in [3.05, 3.63) is 66.9 Å². The topological polar surface area (TPSA) is 111 Å². The lowest BCUT2D eigenvalue weighted by Crippen LogP contribution is -2.34. The average molecular weight is 450 g/mol. The number of hydrogen-bond donors (Lipinski definition) is 4. The van der Waals surface area contributed by atoms with E-state index in [0.29, 0.717) is 18.5 Å². The van der Waals surface area contributed by atoms with Gasteiger partial charge >= 0.3 is 5.97 Å². The van der Waals surface area contributed by atoms with E-state index in [-0.39, 0.29) is 17.6 Å². The van der Waals surface area contributed by atoms with Crippen LogP contribution < -0.4 is 10.6 Å². The number of thioether (sulfide) groups is 1. The second-order valence-electron chi connectivity index (χ2n) is 7.63. The molecular weight excluding hydrogens is 426 g/mol. The standard InChI is InChI=1S/C24H23N3O4S/c28-22(26-17-9-8-15-10-11-25-21(15)13-17)14-32-18-5-3-4-16(12-18)27-23(29)19-6-1-2-7-20(19)24(30)31/h1-5,8-13,19-20,25H,6-7,14H2,(H,26,28)(H,27,29)(H,30,31). The lowest BCUT2D eigenvalue weighted by atomic mass is 9.82. The third kappa shape index (κ3) is 5.20. The van der Waals surface area contributed by atoms with Gasteiger partial charge in [0.15, 0.2) is 0 Å². The van der Waals surface area contributed by atoms with Crippen LogP contribution in [0.1, 0.15) is 12.8 Å². The number of allylic oxidation sites excluding steroid dienone is 2. The molecule has 0 saturated heterocycles. The molecule has 2 atom stereocenters. The first-order valence-electron chi connectivity index (χ1n) is 10.3. The molecule has 7 nitrogen and oxygen atoms in total. The van der Waals surface area contributed by atoms with Gasteiger partial charge in [-0.05, 0) is 54.6 Å². The zero-order valence-corrected chi connectivity index (χ0v) is 18.0. The molecule has 4 N–H and O–H groups in total. The molecule has 1 aromatic heterocycles. The third-order valence-electron chi connectivity index (χ3n) is 5.40. The van der Waals surface area contributed by atoms with Crippen LogP contribution in [-0.4, -0.2) is 33.6 Å². The summed E-state index contributed by atoms with van der Waals surface area (Å²) in [5.74, 6) is -2.49. The number of aromatic amines is 1. The van der Waals surface area contributed by atoms with Crippen molar-refractivity contribution in [1.29, 1.82) is 0 Å². The van der Waals surface area contributed by atoms with E-state index in [9.17, 15) is 19.5 Å². The summed E-state index contributed by atoms with van der Waals surface area (Å²) in [5, 5.41) is 16.2. The fraction of sp³-hybridized carbons (Fsp3) is 0.208. The minimum absolute atomic E-state index is 0.131. The predicted molar refractivity (Wildman–Crippen MR) is 126 cm³/mol. The highest BCUT2D eigenvalue weighted by molar-refractivity contribution is 8.00. The Morgan fingerprint density at radius 3 is 2.56 bits per heavy atom. The first-order valence-corrected chi connectivity index (χ1v) is 11.3. The van der Waals surface area contributed by atoms with Gasteiger partial charge in [-0.25, -0.2) is 0 Å². The molecule has 2 aromatic carbocycles. The maximum atomic E-state index is 12.7. The quantitative estimate of drug-likeness (QED) is 0.313. The summed E-state index contributed by atoms with van der Waals surface area (Å²) in [6, 6.07) is 14.9. The molecule has 0 aliphatic heterocycles. The van der Waals surface area contributed by atoms with Gasteiger partial charge in [-0.3, -0.25) is 14.4 Å². The van der Waals surface area contributed by atoms with Crippen LogP contribution >= 0.6 is 11.8 Å². The highest BCUT2D eigenvalue weighted by Gasteiger charge is 2.33. The Bertz CT molecular complexity index is 1190. The van der Waals surface area contributed by atoms with Crippen LogP contribution in [0.15, 0.2) is 71.8 Å². The maximum Gasteiger partial charge on any atom is 0.307 e. The molecule has 0 bridgehead atoms. The zero-order valence-electron chi connectivity index (χ0n) is 17.2. The van der Waals surface area contributed by atoms with Crippen LogP contribution in [0.5, 0.6) is 0 Å². The van der Waals surface area contributed by atoms with Crippen molar-refractivity contribution in [1.82, 2.24) is 4.98 Å². The molecule has 1 aliphatic carbocycles. The highest BCUT2D eigenvalue weighted by atomic mass is 32.2. The van der Waals surface area contributed by atoms with E-state index in [1.54, 1.807) is 24.3 Å². The van der Waals surface area contributed by atoms with Gasteiger partial charge < -0.3 is 20.7 Å². The number of amides is 2. The molecule has 0 spiro atoms. The number of carboxylic acids is 1. The molecule has 32 heavy (non-hydrogen) atoms. The van der Waals surface area contributed by atoms with Crippen molar-refractivity contribution in [3.8, 4) is 0 Å². The van der Waals surface area contributed by atoms with E-state index in [1.807, 2.05) is 42.6 Å². The number of anilines is 2. The first-order chi connectivity index (χ1) is 15.5. The third-order valence-corrected chi connectivity index (χ3v) is 6.39. The van der Waals surface area contributed by atoms with Gasteiger partial charge in [0.1, 0.15) is 0 Å². The number of carbonyl (C=O) groups excluding carboxylic acids is 2. The van der Waals surface area contributed by atoms with Crippen molar-refractivity contribution in [3.63, 3.8) is 0 Å². The smallest absolute Gasteiger partial charge is 0.307 e. The number of benzene rings is 2. The fourth-order valence-corrected chi connectivity index (χ4v) is 4.50. The van der Waals surface area contributed by atoms with E-state index in [2.05, 4.69) is 15.6 Å². The second-order valence-corrected chi connectivity index (χ2v) is 8.68. The Morgan fingerprint density at radius 2 is 1.75 bits per heavy atom. The van der Waals surface area contributed by atoms with E-state index < -0.39 is 17.8 Å². The van der Waals surface area contributed by atoms with Gasteiger partial charge in [-0.1, -0.05) is 24.3 Å². The van der Waals surface area contributed by atoms with Crippen LogP contribution in [0.2, 0.25) is 0 Å². The van der Waals surface area contributed by atoms with Gasteiger partial charge in [0.25, 0.3) is 0 Å². The number of fused-ring (bicyclic) bond motifs is 1. The van der Waals surface area contributed by atoms with E-state index >= 15 is 0 Å². The molecular formula is C24H23N3O4S. The molecule has 0 radical (unpaired) electrons. The van der Waals surface area contributed by atoms with Crippen LogP contribution in [0.4, 0.5) is 11.4 Å². The number of rotatable bonds is 7. The Morgan fingerprint density at radius 1 is 0.969 bits per heavy atom. The van der Waals surface area contributed by atoms with Crippen LogP contribution in [0.25, 0.3) is 10.9 Å². The van der Waals surface area contributed by atoms with Gasteiger partial charge in [-0.2, -0.15) is 0 Å². The maximum absolute atomic E-state index is 12.7. The van der Waals surface area contributed by atoms with E-state index in [4.69, 9.17) is 0 Å². The van der Waals surface area contributed by atoms with Gasteiger partial charge in [-0.15, -0.1) is 11.8 Å². The summed E-state index contributed by atoms with van der Waals surface area (Å²) in [6.07, 6.45) is 6.27. The Labute approximate surface area is 189 Å². The number of nitrogens with one attached hydrogen (secondary N) is 3. The molecule has 8 heteroatoms. The predicted octanol–water partition coefficient (Wildman–Crippen LogP) is 4.50. The van der Waals surface area contributed by atoms with Gasteiger partial charge in [0.2, 0.25) is 11.8 Å². The summed E-state index contributed by atoms with van der Waals surface area (Å²) < 4.78 is 0. The van der Waals surface area contributed by atoms with Crippen molar-refractivity contribution in [2.24, 2.45) is 11.8 Å². The normalized spacial score (nSPS) is 17.8. The number of carboxylic acid groups (broad SMARTS) is 1. The molecule has 0 fully saturated rings. The zero-order chi connectivity index (χ0) is 22.5. The molecule has 2 unspecified atom stereocenters. The summed E-state index contributed by atoms with van der Waals surface area (Å²) in [5.41, 5.74) is 2.26. The number of hydrogen-bond acceptors (Lipinski definition) is 4. The van der Waals surface area contributed by atoms with Crippen molar-refractivity contribution >= 4 is 51.8 Å². The molecule has 164 valence electrons. The second kappa shape index (κ2) is 9.74. The number of aromatic nitrogens is 1. The minimum atomic E-state index is -0.958. The number of carbonyl (C=O) groups is 3.